The van der Waals surface area contributed by atoms with Crippen LogP contribution in [0.1, 0.15) is 43.2 Å². The van der Waals surface area contributed by atoms with Gasteiger partial charge in [-0.2, -0.15) is 0 Å². The number of aliphatic hydroxyl groups excluding tert-OH is 1. The van der Waals surface area contributed by atoms with E-state index in [1.807, 2.05) is 24.3 Å². The monoisotopic (exact) mass is 297 g/mol. The van der Waals surface area contributed by atoms with Crippen LogP contribution in [0, 0.1) is 5.92 Å². The third-order valence-corrected chi connectivity index (χ3v) is 5.45. The number of aliphatic hydroxyl groups is 1. The standard InChI is InChI=1S/C15H23NO3S/c17-11-15-9-5-4-8-14(15)10-16-20(18,19)12-13-6-2-1-3-7-13/h4-5,8-9,13,16-17H,1-3,6-7,10-12H2. The van der Waals surface area contributed by atoms with Crippen LogP contribution in [0.3, 0.4) is 0 Å². The van der Waals surface area contributed by atoms with E-state index in [9.17, 15) is 13.5 Å². The molecule has 1 aromatic rings. The van der Waals surface area contributed by atoms with E-state index < -0.39 is 10.0 Å². The molecule has 0 saturated heterocycles. The maximum atomic E-state index is 12.1. The molecule has 0 spiro atoms. The summed E-state index contributed by atoms with van der Waals surface area (Å²) in [6, 6.07) is 7.34. The topological polar surface area (TPSA) is 66.4 Å². The lowest BCUT2D eigenvalue weighted by Crippen LogP contribution is -2.30. The highest BCUT2D eigenvalue weighted by Gasteiger charge is 2.21. The minimum atomic E-state index is -3.24. The van der Waals surface area contributed by atoms with Gasteiger partial charge in [0.05, 0.1) is 12.4 Å². The van der Waals surface area contributed by atoms with Crippen molar-refractivity contribution in [2.45, 2.75) is 45.3 Å². The molecule has 2 N–H and O–H groups in total. The molecule has 4 nitrogen and oxygen atoms in total. The van der Waals surface area contributed by atoms with Crippen LogP contribution in [0.25, 0.3) is 0 Å². The average Bonchev–Trinajstić information content (AvgIpc) is 2.46. The van der Waals surface area contributed by atoms with Crippen LogP contribution in [-0.4, -0.2) is 19.3 Å². The second-order valence-electron chi connectivity index (χ2n) is 5.53. The van der Waals surface area contributed by atoms with Gasteiger partial charge in [0.25, 0.3) is 0 Å². The highest BCUT2D eigenvalue weighted by atomic mass is 32.2. The Morgan fingerprint density at radius 3 is 2.40 bits per heavy atom. The van der Waals surface area contributed by atoms with E-state index in [-0.39, 0.29) is 18.9 Å². The van der Waals surface area contributed by atoms with Crippen LogP contribution in [0.15, 0.2) is 24.3 Å². The van der Waals surface area contributed by atoms with Crippen LogP contribution in [0.4, 0.5) is 0 Å². The fraction of sp³-hybridized carbons (Fsp3) is 0.600. The normalized spacial score (nSPS) is 17.2. The Bertz CT molecular complexity index is 522. The molecule has 0 bridgehead atoms. The first-order valence-electron chi connectivity index (χ1n) is 7.26. The van der Waals surface area contributed by atoms with Crippen molar-refractivity contribution in [3.05, 3.63) is 35.4 Å². The van der Waals surface area contributed by atoms with Crippen molar-refractivity contribution in [1.82, 2.24) is 4.72 Å². The summed E-state index contributed by atoms with van der Waals surface area (Å²) in [6.45, 7) is 0.187. The van der Waals surface area contributed by atoms with Gasteiger partial charge in [-0.1, -0.05) is 43.5 Å². The lowest BCUT2D eigenvalue weighted by molar-refractivity contribution is 0.280. The van der Waals surface area contributed by atoms with E-state index in [0.29, 0.717) is 5.92 Å². The van der Waals surface area contributed by atoms with Crippen LogP contribution in [0.2, 0.25) is 0 Å². The zero-order chi connectivity index (χ0) is 14.4. The van der Waals surface area contributed by atoms with Gasteiger partial charge in [-0.25, -0.2) is 13.1 Å². The number of hydrogen-bond acceptors (Lipinski definition) is 3. The summed E-state index contributed by atoms with van der Waals surface area (Å²) in [6.07, 6.45) is 5.57. The van der Waals surface area contributed by atoms with Crippen molar-refractivity contribution in [3.63, 3.8) is 0 Å². The van der Waals surface area contributed by atoms with Gasteiger partial charge in [-0.15, -0.1) is 0 Å². The molecule has 0 heterocycles. The molecule has 1 aliphatic rings. The lowest BCUT2D eigenvalue weighted by Gasteiger charge is -2.21. The molecule has 112 valence electrons. The fourth-order valence-electron chi connectivity index (χ4n) is 2.79. The largest absolute Gasteiger partial charge is 0.392 e. The maximum absolute atomic E-state index is 12.1. The van der Waals surface area contributed by atoms with E-state index in [1.54, 1.807) is 0 Å². The number of nitrogens with one attached hydrogen (secondary N) is 1. The van der Waals surface area contributed by atoms with Gasteiger partial charge in [-0.3, -0.25) is 0 Å². The first-order valence-corrected chi connectivity index (χ1v) is 8.91. The molecule has 0 atom stereocenters. The quantitative estimate of drug-likeness (QED) is 0.846. The third kappa shape index (κ3) is 4.58. The summed E-state index contributed by atoms with van der Waals surface area (Å²) in [5.74, 6) is 0.531. The Morgan fingerprint density at radius 2 is 1.75 bits per heavy atom. The molecule has 0 aromatic heterocycles. The first-order chi connectivity index (χ1) is 9.61. The Balaban J connectivity index is 1.91. The van der Waals surface area contributed by atoms with Gasteiger partial charge in [-0.05, 0) is 29.9 Å². The molecule has 5 heteroatoms. The predicted octanol–water partition coefficient (Wildman–Crippen LogP) is 2.18. The predicted molar refractivity (Wildman–Crippen MR) is 79.6 cm³/mol. The molecule has 1 aliphatic carbocycles. The van der Waals surface area contributed by atoms with E-state index in [0.717, 1.165) is 36.8 Å². The van der Waals surface area contributed by atoms with Gasteiger partial charge in [0, 0.05) is 6.54 Å². The molecular weight excluding hydrogens is 274 g/mol. The van der Waals surface area contributed by atoms with E-state index in [4.69, 9.17) is 0 Å². The molecule has 0 radical (unpaired) electrons. The minimum Gasteiger partial charge on any atom is -0.392 e. The molecule has 1 aromatic carbocycles. The number of benzene rings is 1. The zero-order valence-electron chi connectivity index (χ0n) is 11.7. The van der Waals surface area contributed by atoms with Crippen molar-refractivity contribution in [2.24, 2.45) is 5.92 Å². The Kier molecular flexibility index (Phi) is 5.57. The summed E-state index contributed by atoms with van der Waals surface area (Å²) in [5.41, 5.74) is 1.61. The number of hydrogen-bond donors (Lipinski definition) is 2. The van der Waals surface area contributed by atoms with Crippen LogP contribution in [-0.2, 0) is 23.2 Å². The lowest BCUT2D eigenvalue weighted by atomic mass is 9.91. The molecule has 1 saturated carbocycles. The molecule has 0 amide bonds. The molecule has 0 aliphatic heterocycles. The van der Waals surface area contributed by atoms with Gasteiger partial charge in [0.1, 0.15) is 0 Å². The Morgan fingerprint density at radius 1 is 1.10 bits per heavy atom. The smallest absolute Gasteiger partial charge is 0.212 e. The van der Waals surface area contributed by atoms with Crippen molar-refractivity contribution in [3.8, 4) is 0 Å². The molecule has 20 heavy (non-hydrogen) atoms. The van der Waals surface area contributed by atoms with E-state index in [2.05, 4.69) is 4.72 Å². The minimum absolute atomic E-state index is 0.0689. The van der Waals surface area contributed by atoms with Crippen molar-refractivity contribution in [1.29, 1.82) is 0 Å². The second kappa shape index (κ2) is 7.20. The SMILES string of the molecule is O=S(=O)(CC1CCCCC1)NCc1ccccc1CO. The summed E-state index contributed by atoms with van der Waals surface area (Å²) in [5, 5.41) is 9.23. The Labute approximate surface area is 121 Å². The van der Waals surface area contributed by atoms with E-state index >= 15 is 0 Å². The van der Waals surface area contributed by atoms with Gasteiger partial charge < -0.3 is 5.11 Å². The van der Waals surface area contributed by atoms with Crippen molar-refractivity contribution < 1.29 is 13.5 Å². The third-order valence-electron chi connectivity index (χ3n) is 3.95. The van der Waals surface area contributed by atoms with Gasteiger partial charge in [0.2, 0.25) is 10.0 Å². The average molecular weight is 297 g/mol. The highest BCUT2D eigenvalue weighted by molar-refractivity contribution is 7.89. The van der Waals surface area contributed by atoms with Gasteiger partial charge in [0.15, 0.2) is 0 Å². The molecular formula is C15H23NO3S. The van der Waals surface area contributed by atoms with Gasteiger partial charge >= 0.3 is 0 Å². The van der Waals surface area contributed by atoms with E-state index in [1.165, 1.54) is 6.42 Å². The summed E-state index contributed by atoms with van der Waals surface area (Å²) >= 11 is 0. The maximum Gasteiger partial charge on any atom is 0.212 e. The fourth-order valence-corrected chi connectivity index (χ4v) is 4.24. The molecule has 0 unspecified atom stereocenters. The zero-order valence-corrected chi connectivity index (χ0v) is 12.5. The van der Waals surface area contributed by atoms with Crippen LogP contribution in [0.5, 0.6) is 0 Å². The Hall–Kier alpha value is -0.910. The summed E-state index contributed by atoms with van der Waals surface area (Å²) in [7, 11) is -3.24. The van der Waals surface area contributed by atoms with Crippen molar-refractivity contribution >= 4 is 10.0 Å². The first kappa shape index (κ1) is 15.5. The highest BCUT2D eigenvalue weighted by Crippen LogP contribution is 2.24. The second-order valence-corrected chi connectivity index (χ2v) is 7.38. The summed E-state index contributed by atoms with van der Waals surface area (Å²) < 4.78 is 26.9. The molecule has 1 fully saturated rings. The van der Waals surface area contributed by atoms with Crippen LogP contribution < -0.4 is 4.72 Å². The molecule has 2 rings (SSSR count). The van der Waals surface area contributed by atoms with Crippen molar-refractivity contribution in [2.75, 3.05) is 5.75 Å². The number of sulfonamides is 1. The summed E-state index contributed by atoms with van der Waals surface area (Å²) in [4.78, 5) is 0. The van der Waals surface area contributed by atoms with Crippen LogP contribution >= 0.6 is 0 Å². The number of rotatable bonds is 6.